The summed E-state index contributed by atoms with van der Waals surface area (Å²) in [5.74, 6) is 1.35. The molecule has 3 heterocycles. The predicted molar refractivity (Wildman–Crippen MR) is 81.8 cm³/mol. The number of nitrogens with two attached hydrogens (primary N) is 1. The average Bonchev–Trinajstić information content (AvgIpc) is 2.90. The summed E-state index contributed by atoms with van der Waals surface area (Å²) in [7, 11) is 0. The fourth-order valence-electron chi connectivity index (χ4n) is 1.92. The summed E-state index contributed by atoms with van der Waals surface area (Å²) in [6, 6.07) is 0. The number of aryl methyl sites for hydroxylation is 2. The lowest BCUT2D eigenvalue weighted by atomic mass is 10.4. The van der Waals surface area contributed by atoms with Crippen LogP contribution in [0.2, 0.25) is 0 Å². The second-order valence-corrected chi connectivity index (χ2v) is 5.68. The molecule has 0 amide bonds. The SMILES string of the molecule is Cc1cnc(SCCCn2cnc3c(N)ncnc32)nc1. The third-order valence-corrected chi connectivity index (χ3v) is 3.92. The van der Waals surface area contributed by atoms with E-state index in [1.807, 2.05) is 23.9 Å². The molecule has 7 nitrogen and oxygen atoms in total. The Kier molecular flexibility index (Phi) is 3.96. The molecule has 0 aliphatic heterocycles. The summed E-state index contributed by atoms with van der Waals surface area (Å²) in [4.78, 5) is 20.9. The van der Waals surface area contributed by atoms with Crippen molar-refractivity contribution < 1.29 is 0 Å². The van der Waals surface area contributed by atoms with E-state index in [1.54, 1.807) is 18.1 Å². The zero-order chi connectivity index (χ0) is 14.7. The topological polar surface area (TPSA) is 95.4 Å². The second kappa shape index (κ2) is 6.04. The first-order valence-corrected chi connectivity index (χ1v) is 7.55. The van der Waals surface area contributed by atoms with E-state index in [0.717, 1.165) is 35.1 Å². The van der Waals surface area contributed by atoms with Gasteiger partial charge in [0, 0.05) is 24.7 Å². The van der Waals surface area contributed by atoms with Crippen molar-refractivity contribution in [2.45, 2.75) is 25.0 Å². The first-order valence-electron chi connectivity index (χ1n) is 6.57. The van der Waals surface area contributed by atoms with E-state index in [4.69, 9.17) is 5.73 Å². The van der Waals surface area contributed by atoms with Gasteiger partial charge in [-0.2, -0.15) is 0 Å². The minimum absolute atomic E-state index is 0.418. The van der Waals surface area contributed by atoms with E-state index in [-0.39, 0.29) is 0 Å². The quantitative estimate of drug-likeness (QED) is 0.435. The van der Waals surface area contributed by atoms with Gasteiger partial charge in [-0.1, -0.05) is 11.8 Å². The minimum Gasteiger partial charge on any atom is -0.382 e. The van der Waals surface area contributed by atoms with Crippen molar-refractivity contribution in [3.63, 3.8) is 0 Å². The molecule has 0 saturated heterocycles. The number of fused-ring (bicyclic) bond motifs is 1. The van der Waals surface area contributed by atoms with Crippen LogP contribution in [0.3, 0.4) is 0 Å². The molecule has 108 valence electrons. The minimum atomic E-state index is 0.418. The Bertz CT molecular complexity index is 738. The average molecular weight is 301 g/mol. The van der Waals surface area contributed by atoms with Gasteiger partial charge in [0.15, 0.2) is 16.6 Å². The van der Waals surface area contributed by atoms with E-state index in [9.17, 15) is 0 Å². The number of thioether (sulfide) groups is 1. The number of hydrogen-bond donors (Lipinski definition) is 1. The summed E-state index contributed by atoms with van der Waals surface area (Å²) >= 11 is 1.65. The normalized spacial score (nSPS) is 11.1. The van der Waals surface area contributed by atoms with E-state index in [2.05, 4.69) is 24.9 Å². The van der Waals surface area contributed by atoms with Gasteiger partial charge in [-0.3, -0.25) is 0 Å². The molecule has 0 atom stereocenters. The Hall–Kier alpha value is -2.22. The van der Waals surface area contributed by atoms with Crippen molar-refractivity contribution in [3.8, 4) is 0 Å². The van der Waals surface area contributed by atoms with Crippen molar-refractivity contribution in [1.29, 1.82) is 0 Å². The molecular formula is C13H15N7S. The number of nitrogens with zero attached hydrogens (tertiary/aromatic N) is 6. The molecule has 3 rings (SSSR count). The highest BCUT2D eigenvalue weighted by Gasteiger charge is 2.07. The molecule has 0 radical (unpaired) electrons. The van der Waals surface area contributed by atoms with Crippen molar-refractivity contribution in [3.05, 3.63) is 30.6 Å². The maximum Gasteiger partial charge on any atom is 0.187 e. The highest BCUT2D eigenvalue weighted by Crippen LogP contribution is 2.17. The third kappa shape index (κ3) is 3.10. The lowest BCUT2D eigenvalue weighted by Crippen LogP contribution is -2.00. The van der Waals surface area contributed by atoms with Crippen molar-refractivity contribution in [1.82, 2.24) is 29.5 Å². The number of anilines is 1. The van der Waals surface area contributed by atoms with Gasteiger partial charge in [0.25, 0.3) is 0 Å². The van der Waals surface area contributed by atoms with Crippen LogP contribution in [-0.2, 0) is 6.54 Å². The third-order valence-electron chi connectivity index (χ3n) is 2.96. The molecule has 0 saturated carbocycles. The molecule has 2 N–H and O–H groups in total. The summed E-state index contributed by atoms with van der Waals surface area (Å²) in [5, 5.41) is 0.808. The molecule has 0 aliphatic rings. The molecule has 3 aromatic heterocycles. The van der Waals surface area contributed by atoms with Crippen molar-refractivity contribution >= 4 is 28.7 Å². The summed E-state index contributed by atoms with van der Waals surface area (Å²) in [5.41, 5.74) is 8.27. The van der Waals surface area contributed by atoms with E-state index in [0.29, 0.717) is 11.3 Å². The van der Waals surface area contributed by atoms with Crippen LogP contribution in [0.15, 0.2) is 30.2 Å². The maximum absolute atomic E-state index is 5.76. The molecule has 0 aromatic carbocycles. The highest BCUT2D eigenvalue weighted by atomic mass is 32.2. The second-order valence-electron chi connectivity index (χ2n) is 4.61. The lowest BCUT2D eigenvalue weighted by molar-refractivity contribution is 0.695. The maximum atomic E-state index is 5.76. The number of rotatable bonds is 5. The van der Waals surface area contributed by atoms with Gasteiger partial charge >= 0.3 is 0 Å². The number of nitrogen functional groups attached to an aromatic ring is 1. The van der Waals surface area contributed by atoms with Gasteiger partial charge in [0.1, 0.15) is 11.8 Å². The van der Waals surface area contributed by atoms with E-state index < -0.39 is 0 Å². The van der Waals surface area contributed by atoms with Crippen LogP contribution >= 0.6 is 11.8 Å². The number of imidazole rings is 1. The fourth-order valence-corrected chi connectivity index (χ4v) is 2.63. The Balaban J connectivity index is 1.57. The first kappa shape index (κ1) is 13.7. The molecule has 0 bridgehead atoms. The van der Waals surface area contributed by atoms with E-state index in [1.165, 1.54) is 6.33 Å². The first-order chi connectivity index (χ1) is 10.2. The van der Waals surface area contributed by atoms with E-state index >= 15 is 0 Å². The van der Waals surface area contributed by atoms with Crippen LogP contribution in [-0.4, -0.2) is 35.2 Å². The lowest BCUT2D eigenvalue weighted by Gasteiger charge is -2.03. The molecule has 0 unspecified atom stereocenters. The van der Waals surface area contributed by atoms with Crippen LogP contribution in [0.5, 0.6) is 0 Å². The van der Waals surface area contributed by atoms with Crippen LogP contribution in [0.4, 0.5) is 5.82 Å². The number of hydrogen-bond acceptors (Lipinski definition) is 7. The van der Waals surface area contributed by atoms with Gasteiger partial charge < -0.3 is 10.3 Å². The fraction of sp³-hybridized carbons (Fsp3) is 0.308. The van der Waals surface area contributed by atoms with Crippen LogP contribution < -0.4 is 5.73 Å². The standard InChI is InChI=1S/C13H15N7S/c1-9-5-15-13(16-6-9)21-4-2-3-20-8-19-10-11(14)17-7-18-12(10)20/h5-8H,2-4H2,1H3,(H2,14,17,18). The van der Waals surface area contributed by atoms with Gasteiger partial charge in [-0.05, 0) is 18.9 Å². The molecule has 0 spiro atoms. The number of aromatic nitrogens is 6. The molecule has 21 heavy (non-hydrogen) atoms. The van der Waals surface area contributed by atoms with Crippen molar-refractivity contribution in [2.75, 3.05) is 11.5 Å². The predicted octanol–water partition coefficient (Wildman–Crippen LogP) is 1.69. The Morgan fingerprint density at radius 3 is 2.76 bits per heavy atom. The molecule has 0 aliphatic carbocycles. The zero-order valence-electron chi connectivity index (χ0n) is 11.6. The van der Waals surface area contributed by atoms with Crippen molar-refractivity contribution in [2.24, 2.45) is 0 Å². The van der Waals surface area contributed by atoms with Crippen LogP contribution in [0, 0.1) is 6.92 Å². The molecular weight excluding hydrogens is 286 g/mol. The largest absolute Gasteiger partial charge is 0.382 e. The summed E-state index contributed by atoms with van der Waals surface area (Å²) in [6.07, 6.45) is 7.85. The Morgan fingerprint density at radius 1 is 1.14 bits per heavy atom. The van der Waals surface area contributed by atoms with Gasteiger partial charge in [-0.25, -0.2) is 24.9 Å². The summed E-state index contributed by atoms with van der Waals surface area (Å²) < 4.78 is 1.99. The van der Waals surface area contributed by atoms with Gasteiger partial charge in [-0.15, -0.1) is 0 Å². The Morgan fingerprint density at radius 2 is 1.95 bits per heavy atom. The van der Waals surface area contributed by atoms with Gasteiger partial charge in [0.2, 0.25) is 0 Å². The zero-order valence-corrected chi connectivity index (χ0v) is 12.4. The Labute approximate surface area is 126 Å². The smallest absolute Gasteiger partial charge is 0.187 e. The highest BCUT2D eigenvalue weighted by molar-refractivity contribution is 7.99. The monoisotopic (exact) mass is 301 g/mol. The molecule has 3 aromatic rings. The molecule has 0 fully saturated rings. The van der Waals surface area contributed by atoms with Crippen LogP contribution in [0.1, 0.15) is 12.0 Å². The molecule has 8 heteroatoms. The van der Waals surface area contributed by atoms with Gasteiger partial charge in [0.05, 0.1) is 6.33 Å². The van der Waals surface area contributed by atoms with Crippen LogP contribution in [0.25, 0.3) is 11.2 Å². The summed E-state index contributed by atoms with van der Waals surface area (Å²) in [6.45, 7) is 2.80.